The third-order valence-corrected chi connectivity index (χ3v) is 3.85. The van der Waals surface area contributed by atoms with Crippen molar-refractivity contribution in [2.75, 3.05) is 17.6 Å². The number of aliphatic hydroxyl groups is 1. The van der Waals surface area contributed by atoms with Crippen LogP contribution in [0.25, 0.3) is 11.4 Å². The lowest BCUT2D eigenvalue weighted by Crippen LogP contribution is -2.10. The van der Waals surface area contributed by atoms with Gasteiger partial charge in [-0.05, 0) is 24.0 Å². The summed E-state index contributed by atoms with van der Waals surface area (Å²) in [5.41, 5.74) is 8.63. The summed E-state index contributed by atoms with van der Waals surface area (Å²) in [4.78, 5) is 12.8. The highest BCUT2D eigenvalue weighted by Crippen LogP contribution is 2.21. The van der Waals surface area contributed by atoms with Gasteiger partial charge in [-0.15, -0.1) is 0 Å². The minimum Gasteiger partial charge on any atom is -0.392 e. The number of nitrogens with zero attached hydrogens (tertiary/aromatic N) is 3. The molecule has 0 aliphatic rings. The molecule has 0 atom stereocenters. The first-order valence-electron chi connectivity index (χ1n) is 8.25. The number of aromatic nitrogens is 3. The van der Waals surface area contributed by atoms with Gasteiger partial charge in [0.2, 0.25) is 11.9 Å². The largest absolute Gasteiger partial charge is 0.392 e. The van der Waals surface area contributed by atoms with Crippen LogP contribution in [0.5, 0.6) is 0 Å². The Balaban J connectivity index is 1.67. The number of aliphatic hydroxyl groups excluding tert-OH is 1. The van der Waals surface area contributed by atoms with Crippen LogP contribution in [0.1, 0.15) is 17.5 Å². The number of hydrogen-bond donors (Lipinski definition) is 3. The number of aryl methyl sites for hydroxylation is 1. The molecule has 0 bridgehead atoms. The van der Waals surface area contributed by atoms with Crippen LogP contribution in [0.15, 0.2) is 54.6 Å². The lowest BCUT2D eigenvalue weighted by Gasteiger charge is -2.09. The lowest BCUT2D eigenvalue weighted by molar-refractivity contribution is 0.282. The van der Waals surface area contributed by atoms with Crippen LogP contribution >= 0.6 is 0 Å². The Morgan fingerprint density at radius 2 is 1.68 bits per heavy atom. The van der Waals surface area contributed by atoms with Crippen LogP contribution < -0.4 is 11.1 Å². The van der Waals surface area contributed by atoms with Crippen LogP contribution in [0.4, 0.5) is 11.9 Å². The van der Waals surface area contributed by atoms with Gasteiger partial charge in [-0.3, -0.25) is 0 Å². The standard InChI is InChI=1S/C19H21N5O/c20-18-22-17(16-11-5-4-10-15(16)13-25)23-19(24-18)21-12-6-9-14-7-2-1-3-8-14/h1-5,7-8,10-11,25H,6,9,12-13H2,(H3,20,21,22,23,24). The van der Waals surface area contributed by atoms with Gasteiger partial charge in [0.15, 0.2) is 5.82 Å². The summed E-state index contributed by atoms with van der Waals surface area (Å²) >= 11 is 0. The summed E-state index contributed by atoms with van der Waals surface area (Å²) in [5.74, 6) is 1.06. The van der Waals surface area contributed by atoms with E-state index in [9.17, 15) is 5.11 Å². The number of nitrogen functional groups attached to an aromatic ring is 1. The van der Waals surface area contributed by atoms with Crippen molar-refractivity contribution in [3.63, 3.8) is 0 Å². The van der Waals surface area contributed by atoms with Crippen molar-refractivity contribution in [1.82, 2.24) is 15.0 Å². The summed E-state index contributed by atoms with van der Waals surface area (Å²) in [7, 11) is 0. The Labute approximate surface area is 146 Å². The first-order valence-corrected chi connectivity index (χ1v) is 8.25. The highest BCUT2D eigenvalue weighted by Gasteiger charge is 2.10. The van der Waals surface area contributed by atoms with Crippen molar-refractivity contribution >= 4 is 11.9 Å². The minimum atomic E-state index is -0.0817. The van der Waals surface area contributed by atoms with Crippen molar-refractivity contribution in [3.8, 4) is 11.4 Å². The van der Waals surface area contributed by atoms with E-state index in [1.54, 1.807) is 0 Å². The van der Waals surface area contributed by atoms with Crippen molar-refractivity contribution in [3.05, 3.63) is 65.7 Å². The van der Waals surface area contributed by atoms with Crippen molar-refractivity contribution in [2.24, 2.45) is 0 Å². The number of benzene rings is 2. The third kappa shape index (κ3) is 4.51. The number of nitrogens with one attached hydrogen (secondary N) is 1. The lowest BCUT2D eigenvalue weighted by atomic mass is 10.1. The molecule has 0 amide bonds. The molecular formula is C19H21N5O. The summed E-state index contributed by atoms with van der Waals surface area (Å²) in [6, 6.07) is 17.8. The summed E-state index contributed by atoms with van der Waals surface area (Å²) < 4.78 is 0. The Kier molecular flexibility index (Phi) is 5.53. The fourth-order valence-electron chi connectivity index (χ4n) is 2.61. The molecule has 6 nitrogen and oxygen atoms in total. The third-order valence-electron chi connectivity index (χ3n) is 3.85. The van der Waals surface area contributed by atoms with Gasteiger partial charge < -0.3 is 16.2 Å². The highest BCUT2D eigenvalue weighted by molar-refractivity contribution is 5.62. The van der Waals surface area contributed by atoms with Crippen LogP contribution in [0, 0.1) is 0 Å². The average molecular weight is 335 g/mol. The molecule has 25 heavy (non-hydrogen) atoms. The van der Waals surface area contributed by atoms with Gasteiger partial charge in [0.1, 0.15) is 0 Å². The molecule has 0 aliphatic heterocycles. The molecule has 128 valence electrons. The molecule has 3 rings (SSSR count). The Bertz CT molecular complexity index is 823. The molecule has 2 aromatic carbocycles. The molecule has 0 saturated heterocycles. The first kappa shape index (κ1) is 16.9. The van der Waals surface area contributed by atoms with Crippen molar-refractivity contribution in [2.45, 2.75) is 19.4 Å². The van der Waals surface area contributed by atoms with Gasteiger partial charge in [0.05, 0.1) is 6.61 Å². The second-order valence-electron chi connectivity index (χ2n) is 5.67. The van der Waals surface area contributed by atoms with E-state index in [0.29, 0.717) is 11.8 Å². The van der Waals surface area contributed by atoms with Crippen molar-refractivity contribution in [1.29, 1.82) is 0 Å². The van der Waals surface area contributed by atoms with E-state index < -0.39 is 0 Å². The Hall–Kier alpha value is -2.99. The molecule has 0 spiro atoms. The van der Waals surface area contributed by atoms with E-state index in [0.717, 1.165) is 30.5 Å². The fourth-order valence-corrected chi connectivity index (χ4v) is 2.61. The molecule has 6 heteroatoms. The normalized spacial score (nSPS) is 10.6. The average Bonchev–Trinajstić information content (AvgIpc) is 2.65. The summed E-state index contributed by atoms with van der Waals surface area (Å²) in [6.07, 6.45) is 1.94. The highest BCUT2D eigenvalue weighted by atomic mass is 16.3. The van der Waals surface area contributed by atoms with Crippen LogP contribution in [-0.2, 0) is 13.0 Å². The van der Waals surface area contributed by atoms with Gasteiger partial charge >= 0.3 is 0 Å². The van der Waals surface area contributed by atoms with Crippen LogP contribution in [-0.4, -0.2) is 26.6 Å². The minimum absolute atomic E-state index is 0.0817. The van der Waals surface area contributed by atoms with Gasteiger partial charge in [-0.2, -0.15) is 15.0 Å². The first-order chi connectivity index (χ1) is 12.3. The molecule has 4 N–H and O–H groups in total. The SMILES string of the molecule is Nc1nc(NCCCc2ccccc2)nc(-c2ccccc2CO)n1. The van der Waals surface area contributed by atoms with E-state index in [4.69, 9.17) is 5.73 Å². The van der Waals surface area contributed by atoms with Crippen molar-refractivity contribution < 1.29 is 5.11 Å². The topological polar surface area (TPSA) is 97.0 Å². The zero-order valence-electron chi connectivity index (χ0n) is 13.9. The smallest absolute Gasteiger partial charge is 0.228 e. The van der Waals surface area contributed by atoms with Gasteiger partial charge in [0, 0.05) is 12.1 Å². The number of nitrogens with two attached hydrogens (primary N) is 1. The molecule has 3 aromatic rings. The van der Waals surface area contributed by atoms with E-state index in [-0.39, 0.29) is 12.6 Å². The zero-order chi connectivity index (χ0) is 17.5. The van der Waals surface area contributed by atoms with E-state index in [1.807, 2.05) is 42.5 Å². The number of hydrogen-bond acceptors (Lipinski definition) is 6. The zero-order valence-corrected chi connectivity index (χ0v) is 13.9. The summed E-state index contributed by atoms with van der Waals surface area (Å²) in [5, 5.41) is 12.7. The Morgan fingerprint density at radius 3 is 2.48 bits per heavy atom. The van der Waals surface area contributed by atoms with Crippen LogP contribution in [0.2, 0.25) is 0 Å². The second-order valence-corrected chi connectivity index (χ2v) is 5.67. The predicted octanol–water partition coefficient (Wildman–Crippen LogP) is 2.66. The van der Waals surface area contributed by atoms with E-state index in [1.165, 1.54) is 5.56 Å². The summed E-state index contributed by atoms with van der Waals surface area (Å²) in [6.45, 7) is 0.654. The molecule has 0 radical (unpaired) electrons. The maximum absolute atomic E-state index is 9.48. The fraction of sp³-hybridized carbons (Fsp3) is 0.211. The van der Waals surface area contributed by atoms with Crippen LogP contribution in [0.3, 0.4) is 0 Å². The second kappa shape index (κ2) is 8.21. The molecular weight excluding hydrogens is 314 g/mol. The molecule has 1 heterocycles. The van der Waals surface area contributed by atoms with Gasteiger partial charge in [-0.1, -0.05) is 54.6 Å². The quantitative estimate of drug-likeness (QED) is 0.574. The molecule has 0 unspecified atom stereocenters. The molecule has 0 fully saturated rings. The maximum atomic E-state index is 9.48. The molecule has 1 aromatic heterocycles. The predicted molar refractivity (Wildman–Crippen MR) is 98.9 cm³/mol. The van der Waals surface area contributed by atoms with E-state index in [2.05, 4.69) is 32.4 Å². The Morgan fingerprint density at radius 1 is 0.920 bits per heavy atom. The molecule has 0 aliphatic carbocycles. The van der Waals surface area contributed by atoms with Gasteiger partial charge in [0.25, 0.3) is 0 Å². The monoisotopic (exact) mass is 335 g/mol. The maximum Gasteiger partial charge on any atom is 0.228 e. The van der Waals surface area contributed by atoms with E-state index >= 15 is 0 Å². The number of anilines is 2. The number of rotatable bonds is 7. The molecule has 0 saturated carbocycles. The van der Waals surface area contributed by atoms with Gasteiger partial charge in [-0.25, -0.2) is 0 Å².